The van der Waals surface area contributed by atoms with E-state index in [1.807, 2.05) is 25.3 Å². The maximum atomic E-state index is 10.9. The van der Waals surface area contributed by atoms with Crippen molar-refractivity contribution < 1.29 is 9.90 Å². The SMILES string of the molecule is Cc1ccc(CCc2cc(N)cc(C(=O)O)c2)nc1. The fraction of sp³-hybridized carbons (Fsp3) is 0.200. The van der Waals surface area contributed by atoms with Crippen LogP contribution in [0.1, 0.15) is 27.2 Å². The average molecular weight is 256 g/mol. The van der Waals surface area contributed by atoms with Crippen molar-refractivity contribution in [1.82, 2.24) is 4.98 Å². The minimum absolute atomic E-state index is 0.229. The molecule has 4 heteroatoms. The van der Waals surface area contributed by atoms with E-state index in [4.69, 9.17) is 10.8 Å². The molecule has 0 atom stereocenters. The van der Waals surface area contributed by atoms with Crippen molar-refractivity contribution >= 4 is 11.7 Å². The lowest BCUT2D eigenvalue weighted by Crippen LogP contribution is -2.01. The van der Waals surface area contributed by atoms with Crippen LogP contribution in [0.5, 0.6) is 0 Å². The molecule has 0 radical (unpaired) electrons. The lowest BCUT2D eigenvalue weighted by molar-refractivity contribution is 0.0697. The van der Waals surface area contributed by atoms with E-state index in [2.05, 4.69) is 4.98 Å². The zero-order valence-electron chi connectivity index (χ0n) is 10.8. The lowest BCUT2D eigenvalue weighted by Gasteiger charge is -2.05. The number of hydrogen-bond donors (Lipinski definition) is 2. The van der Waals surface area contributed by atoms with E-state index in [1.165, 1.54) is 6.07 Å². The monoisotopic (exact) mass is 256 g/mol. The molecule has 19 heavy (non-hydrogen) atoms. The largest absolute Gasteiger partial charge is 0.478 e. The van der Waals surface area contributed by atoms with Gasteiger partial charge in [0.2, 0.25) is 0 Å². The van der Waals surface area contributed by atoms with Crippen LogP contribution in [0.3, 0.4) is 0 Å². The third-order valence-corrected chi connectivity index (χ3v) is 2.90. The highest BCUT2D eigenvalue weighted by Crippen LogP contribution is 2.14. The first-order chi connectivity index (χ1) is 9.04. The number of nitrogens with two attached hydrogens (primary N) is 1. The Morgan fingerprint density at radius 2 is 2.05 bits per heavy atom. The highest BCUT2D eigenvalue weighted by Gasteiger charge is 2.06. The van der Waals surface area contributed by atoms with Gasteiger partial charge in [0, 0.05) is 17.6 Å². The number of aromatic carboxylic acids is 1. The molecule has 2 aromatic rings. The van der Waals surface area contributed by atoms with Gasteiger partial charge < -0.3 is 10.8 Å². The van der Waals surface area contributed by atoms with E-state index in [0.29, 0.717) is 5.69 Å². The molecular formula is C15H16N2O2. The van der Waals surface area contributed by atoms with E-state index in [0.717, 1.165) is 29.7 Å². The van der Waals surface area contributed by atoms with Gasteiger partial charge in [0.05, 0.1) is 5.56 Å². The predicted molar refractivity (Wildman–Crippen MR) is 74.2 cm³/mol. The quantitative estimate of drug-likeness (QED) is 0.824. The summed E-state index contributed by atoms with van der Waals surface area (Å²) in [6, 6.07) is 8.94. The summed E-state index contributed by atoms with van der Waals surface area (Å²) in [6.45, 7) is 1.99. The summed E-state index contributed by atoms with van der Waals surface area (Å²) in [6.07, 6.45) is 3.32. The summed E-state index contributed by atoms with van der Waals surface area (Å²) < 4.78 is 0. The summed E-state index contributed by atoms with van der Waals surface area (Å²) in [7, 11) is 0. The molecule has 0 saturated carbocycles. The fourth-order valence-electron chi connectivity index (χ4n) is 1.90. The number of nitrogen functional groups attached to an aromatic ring is 1. The number of rotatable bonds is 4. The molecule has 1 aromatic carbocycles. The van der Waals surface area contributed by atoms with Crippen LogP contribution in [0, 0.1) is 6.92 Å². The van der Waals surface area contributed by atoms with Crippen molar-refractivity contribution in [1.29, 1.82) is 0 Å². The minimum atomic E-state index is -0.956. The van der Waals surface area contributed by atoms with E-state index in [-0.39, 0.29) is 5.56 Å². The molecule has 1 heterocycles. The van der Waals surface area contributed by atoms with Crippen molar-refractivity contribution in [3.63, 3.8) is 0 Å². The van der Waals surface area contributed by atoms with Gasteiger partial charge in [-0.05, 0) is 55.2 Å². The summed E-state index contributed by atoms with van der Waals surface area (Å²) in [4.78, 5) is 15.3. The van der Waals surface area contributed by atoms with Gasteiger partial charge in [-0.15, -0.1) is 0 Å². The number of carbonyl (C=O) groups is 1. The Kier molecular flexibility index (Phi) is 3.80. The number of nitrogens with zero attached hydrogens (tertiary/aromatic N) is 1. The maximum absolute atomic E-state index is 10.9. The minimum Gasteiger partial charge on any atom is -0.478 e. The Balaban J connectivity index is 2.11. The number of carboxylic acid groups (broad SMARTS) is 1. The summed E-state index contributed by atoms with van der Waals surface area (Å²) in [5.41, 5.74) is 9.45. The van der Waals surface area contributed by atoms with Crippen molar-refractivity contribution in [2.24, 2.45) is 0 Å². The number of anilines is 1. The Morgan fingerprint density at radius 1 is 1.26 bits per heavy atom. The van der Waals surface area contributed by atoms with Gasteiger partial charge in [0.15, 0.2) is 0 Å². The standard InChI is InChI=1S/C15H16N2O2/c1-10-2-4-14(17-9-10)5-3-11-6-12(15(18)19)8-13(16)7-11/h2,4,6-9H,3,5,16H2,1H3,(H,18,19). The van der Waals surface area contributed by atoms with E-state index >= 15 is 0 Å². The molecule has 0 aliphatic heterocycles. The third-order valence-electron chi connectivity index (χ3n) is 2.90. The van der Waals surface area contributed by atoms with E-state index < -0.39 is 5.97 Å². The first kappa shape index (κ1) is 13.1. The van der Waals surface area contributed by atoms with Gasteiger partial charge in [-0.1, -0.05) is 6.07 Å². The van der Waals surface area contributed by atoms with Crippen molar-refractivity contribution in [2.45, 2.75) is 19.8 Å². The zero-order chi connectivity index (χ0) is 13.8. The van der Waals surface area contributed by atoms with Crippen molar-refractivity contribution in [2.75, 3.05) is 5.73 Å². The van der Waals surface area contributed by atoms with Crippen LogP contribution in [-0.2, 0) is 12.8 Å². The molecule has 2 rings (SSSR count). The number of hydrogen-bond acceptors (Lipinski definition) is 3. The number of carboxylic acids is 1. The molecular weight excluding hydrogens is 240 g/mol. The van der Waals surface area contributed by atoms with E-state index in [1.54, 1.807) is 12.1 Å². The van der Waals surface area contributed by atoms with Gasteiger partial charge in [-0.3, -0.25) is 4.98 Å². The van der Waals surface area contributed by atoms with E-state index in [9.17, 15) is 4.79 Å². The number of aryl methyl sites for hydroxylation is 3. The smallest absolute Gasteiger partial charge is 0.335 e. The number of pyridine rings is 1. The van der Waals surface area contributed by atoms with Crippen LogP contribution in [0.2, 0.25) is 0 Å². The van der Waals surface area contributed by atoms with Crippen LogP contribution in [-0.4, -0.2) is 16.1 Å². The molecule has 0 amide bonds. The molecule has 0 saturated heterocycles. The second-order valence-electron chi connectivity index (χ2n) is 4.60. The van der Waals surface area contributed by atoms with Crippen molar-refractivity contribution in [3.05, 3.63) is 58.9 Å². The van der Waals surface area contributed by atoms with Crippen molar-refractivity contribution in [3.8, 4) is 0 Å². The third kappa shape index (κ3) is 3.55. The highest BCUT2D eigenvalue weighted by molar-refractivity contribution is 5.89. The molecule has 1 aromatic heterocycles. The second kappa shape index (κ2) is 5.52. The Hall–Kier alpha value is -2.36. The van der Waals surface area contributed by atoms with Crippen LogP contribution < -0.4 is 5.73 Å². The highest BCUT2D eigenvalue weighted by atomic mass is 16.4. The molecule has 0 unspecified atom stereocenters. The van der Waals surface area contributed by atoms with Gasteiger partial charge >= 0.3 is 5.97 Å². The average Bonchev–Trinajstić information content (AvgIpc) is 2.37. The van der Waals surface area contributed by atoms with Gasteiger partial charge in [-0.25, -0.2) is 4.79 Å². The first-order valence-corrected chi connectivity index (χ1v) is 6.09. The summed E-state index contributed by atoms with van der Waals surface area (Å²) >= 11 is 0. The Morgan fingerprint density at radius 3 is 2.68 bits per heavy atom. The summed E-state index contributed by atoms with van der Waals surface area (Å²) in [5, 5.41) is 8.98. The van der Waals surface area contributed by atoms with Crippen LogP contribution >= 0.6 is 0 Å². The number of aromatic nitrogens is 1. The predicted octanol–water partition coefficient (Wildman–Crippen LogP) is 2.46. The molecule has 3 N–H and O–H groups in total. The Labute approximate surface area is 111 Å². The number of benzene rings is 1. The topological polar surface area (TPSA) is 76.2 Å². The molecule has 98 valence electrons. The first-order valence-electron chi connectivity index (χ1n) is 6.09. The zero-order valence-corrected chi connectivity index (χ0v) is 10.8. The summed E-state index contributed by atoms with van der Waals surface area (Å²) in [5.74, 6) is -0.956. The Bertz CT molecular complexity index is 592. The van der Waals surface area contributed by atoms with Crippen LogP contribution in [0.4, 0.5) is 5.69 Å². The molecule has 0 aliphatic carbocycles. The second-order valence-corrected chi connectivity index (χ2v) is 4.60. The fourth-order valence-corrected chi connectivity index (χ4v) is 1.90. The molecule has 4 nitrogen and oxygen atoms in total. The normalized spacial score (nSPS) is 10.4. The lowest BCUT2D eigenvalue weighted by atomic mass is 10.0. The molecule has 0 fully saturated rings. The van der Waals surface area contributed by atoms with Gasteiger partial charge in [0.1, 0.15) is 0 Å². The molecule has 0 aliphatic rings. The molecule has 0 bridgehead atoms. The molecule has 0 spiro atoms. The van der Waals surface area contributed by atoms with Crippen LogP contribution in [0.25, 0.3) is 0 Å². The van der Waals surface area contributed by atoms with Gasteiger partial charge in [0.25, 0.3) is 0 Å². The van der Waals surface area contributed by atoms with Crippen LogP contribution in [0.15, 0.2) is 36.5 Å². The maximum Gasteiger partial charge on any atom is 0.335 e. The van der Waals surface area contributed by atoms with Gasteiger partial charge in [-0.2, -0.15) is 0 Å².